The van der Waals surface area contributed by atoms with Crippen LogP contribution in [0.25, 0.3) is 0 Å². The molecule has 0 atom stereocenters. The van der Waals surface area contributed by atoms with Gasteiger partial charge in [0.05, 0.1) is 13.2 Å². The molecule has 2 rings (SSSR count). The summed E-state index contributed by atoms with van der Waals surface area (Å²) in [6, 6.07) is 20.2. The van der Waals surface area contributed by atoms with Crippen molar-refractivity contribution in [2.75, 3.05) is 0 Å². The summed E-state index contributed by atoms with van der Waals surface area (Å²) in [7, 11) is 0. The summed E-state index contributed by atoms with van der Waals surface area (Å²) in [6.45, 7) is 3.06. The molecule has 0 bridgehead atoms. The van der Waals surface area contributed by atoms with Crippen LogP contribution in [0.15, 0.2) is 72.8 Å². The van der Waals surface area contributed by atoms with Crippen LogP contribution >= 0.6 is 0 Å². The molecule has 0 spiro atoms. The lowest BCUT2D eigenvalue weighted by Crippen LogP contribution is -2.14. The van der Waals surface area contributed by atoms with Gasteiger partial charge in [-0.2, -0.15) is 0 Å². The second-order valence-electron chi connectivity index (χ2n) is 4.49. The predicted octanol–water partition coefficient (Wildman–Crippen LogP) is 4.32. The van der Waals surface area contributed by atoms with E-state index in [1.807, 2.05) is 79.7 Å². The second kappa shape index (κ2) is 8.31. The summed E-state index contributed by atoms with van der Waals surface area (Å²) in [5, 5.41) is 0. The summed E-state index contributed by atoms with van der Waals surface area (Å²) in [5.74, 6) is 0. The SMILES string of the molecule is C/C=C\C(OCc1ccccc1)OCc1ccccc1. The van der Waals surface area contributed by atoms with Gasteiger partial charge in [0.1, 0.15) is 0 Å². The molecule has 2 nitrogen and oxygen atoms in total. The van der Waals surface area contributed by atoms with Crippen molar-refractivity contribution in [3.63, 3.8) is 0 Å². The van der Waals surface area contributed by atoms with Crippen molar-refractivity contribution in [2.45, 2.75) is 26.4 Å². The highest BCUT2D eigenvalue weighted by Crippen LogP contribution is 2.09. The molecule has 0 aliphatic rings. The lowest BCUT2D eigenvalue weighted by atomic mass is 10.2. The Balaban J connectivity index is 1.84. The quantitative estimate of drug-likeness (QED) is 0.550. The van der Waals surface area contributed by atoms with Crippen LogP contribution in [0.2, 0.25) is 0 Å². The summed E-state index contributed by atoms with van der Waals surface area (Å²) < 4.78 is 11.6. The van der Waals surface area contributed by atoms with Gasteiger partial charge >= 0.3 is 0 Å². The van der Waals surface area contributed by atoms with E-state index in [0.29, 0.717) is 13.2 Å². The molecular weight excluding hydrogens is 248 g/mol. The summed E-state index contributed by atoms with van der Waals surface area (Å²) in [5.41, 5.74) is 2.29. The van der Waals surface area contributed by atoms with Gasteiger partial charge in [0.25, 0.3) is 0 Å². The van der Waals surface area contributed by atoms with E-state index < -0.39 is 0 Å². The van der Waals surface area contributed by atoms with Crippen LogP contribution in [0, 0.1) is 0 Å². The van der Waals surface area contributed by atoms with Crippen LogP contribution in [0.1, 0.15) is 18.1 Å². The number of ether oxygens (including phenoxy) is 2. The molecule has 0 aliphatic heterocycles. The Morgan fingerprint density at radius 2 is 1.25 bits per heavy atom. The molecule has 2 aromatic carbocycles. The van der Waals surface area contributed by atoms with Crippen molar-refractivity contribution < 1.29 is 9.47 Å². The third-order valence-electron chi connectivity index (χ3n) is 2.86. The highest BCUT2D eigenvalue weighted by molar-refractivity contribution is 5.14. The fraction of sp³-hybridized carbons (Fsp3) is 0.222. The predicted molar refractivity (Wildman–Crippen MR) is 81.1 cm³/mol. The van der Waals surface area contributed by atoms with Crippen LogP contribution in [0.3, 0.4) is 0 Å². The van der Waals surface area contributed by atoms with Gasteiger partial charge in [0.2, 0.25) is 0 Å². The maximum absolute atomic E-state index is 5.78. The molecule has 104 valence electrons. The van der Waals surface area contributed by atoms with Gasteiger partial charge in [0.15, 0.2) is 6.29 Å². The third kappa shape index (κ3) is 5.00. The van der Waals surface area contributed by atoms with E-state index >= 15 is 0 Å². The molecule has 20 heavy (non-hydrogen) atoms. The molecular formula is C18H20O2. The lowest BCUT2D eigenvalue weighted by Gasteiger charge is -2.15. The van der Waals surface area contributed by atoms with E-state index in [2.05, 4.69) is 0 Å². The third-order valence-corrected chi connectivity index (χ3v) is 2.86. The molecule has 0 unspecified atom stereocenters. The molecule has 0 saturated carbocycles. The zero-order valence-corrected chi connectivity index (χ0v) is 11.7. The van der Waals surface area contributed by atoms with Gasteiger partial charge in [-0.25, -0.2) is 0 Å². The Hall–Kier alpha value is -1.90. The molecule has 0 heterocycles. The van der Waals surface area contributed by atoms with Crippen molar-refractivity contribution in [3.8, 4) is 0 Å². The Labute approximate surface area is 120 Å². The number of hydrogen-bond donors (Lipinski definition) is 0. The minimum Gasteiger partial charge on any atom is -0.344 e. The molecule has 0 N–H and O–H groups in total. The van der Waals surface area contributed by atoms with Crippen molar-refractivity contribution in [1.82, 2.24) is 0 Å². The minimum absolute atomic E-state index is 0.319. The van der Waals surface area contributed by atoms with Crippen molar-refractivity contribution in [3.05, 3.63) is 83.9 Å². The number of rotatable bonds is 7. The van der Waals surface area contributed by atoms with E-state index in [0.717, 1.165) is 11.1 Å². The highest BCUT2D eigenvalue weighted by atomic mass is 16.7. The first-order chi connectivity index (χ1) is 9.88. The molecule has 2 aromatic rings. The molecule has 0 amide bonds. The molecule has 0 aromatic heterocycles. The zero-order valence-electron chi connectivity index (χ0n) is 11.7. The van der Waals surface area contributed by atoms with Gasteiger partial charge in [-0.05, 0) is 24.1 Å². The normalized spacial score (nSPS) is 11.3. The molecule has 0 fully saturated rings. The first-order valence-electron chi connectivity index (χ1n) is 6.82. The first kappa shape index (κ1) is 14.5. The Morgan fingerprint density at radius 1 is 0.800 bits per heavy atom. The largest absolute Gasteiger partial charge is 0.344 e. The average molecular weight is 268 g/mol. The van der Waals surface area contributed by atoms with Gasteiger partial charge in [-0.3, -0.25) is 0 Å². The Morgan fingerprint density at radius 3 is 1.65 bits per heavy atom. The highest BCUT2D eigenvalue weighted by Gasteiger charge is 2.05. The van der Waals surface area contributed by atoms with E-state index in [9.17, 15) is 0 Å². The Kier molecular flexibility index (Phi) is 6.03. The van der Waals surface area contributed by atoms with Crippen LogP contribution in [-0.4, -0.2) is 6.29 Å². The van der Waals surface area contributed by atoms with Crippen molar-refractivity contribution in [1.29, 1.82) is 0 Å². The summed E-state index contributed by atoms with van der Waals surface area (Å²) in [4.78, 5) is 0. The topological polar surface area (TPSA) is 18.5 Å². The van der Waals surface area contributed by atoms with Crippen LogP contribution in [-0.2, 0) is 22.7 Å². The molecule has 2 heteroatoms. The number of hydrogen-bond acceptors (Lipinski definition) is 2. The van der Waals surface area contributed by atoms with Crippen molar-refractivity contribution in [2.24, 2.45) is 0 Å². The van der Waals surface area contributed by atoms with Crippen LogP contribution < -0.4 is 0 Å². The monoisotopic (exact) mass is 268 g/mol. The molecule has 0 radical (unpaired) electrons. The second-order valence-corrected chi connectivity index (χ2v) is 4.49. The van der Waals surface area contributed by atoms with Gasteiger partial charge in [0, 0.05) is 0 Å². The van der Waals surface area contributed by atoms with Crippen molar-refractivity contribution >= 4 is 0 Å². The zero-order chi connectivity index (χ0) is 14.0. The van der Waals surface area contributed by atoms with E-state index in [1.54, 1.807) is 0 Å². The van der Waals surface area contributed by atoms with E-state index in [1.165, 1.54) is 0 Å². The maximum Gasteiger partial charge on any atom is 0.177 e. The lowest BCUT2D eigenvalue weighted by molar-refractivity contribution is -0.126. The van der Waals surface area contributed by atoms with Gasteiger partial charge in [-0.1, -0.05) is 66.7 Å². The fourth-order valence-electron chi connectivity index (χ4n) is 1.82. The number of benzene rings is 2. The van der Waals surface area contributed by atoms with Gasteiger partial charge in [-0.15, -0.1) is 0 Å². The van der Waals surface area contributed by atoms with E-state index in [4.69, 9.17) is 9.47 Å². The van der Waals surface area contributed by atoms with E-state index in [-0.39, 0.29) is 6.29 Å². The van der Waals surface area contributed by atoms with Crippen LogP contribution in [0.5, 0.6) is 0 Å². The minimum atomic E-state index is -0.319. The molecule has 0 aliphatic carbocycles. The molecule has 0 saturated heterocycles. The Bertz CT molecular complexity index is 462. The smallest absolute Gasteiger partial charge is 0.177 e. The maximum atomic E-state index is 5.78. The fourth-order valence-corrected chi connectivity index (χ4v) is 1.82. The average Bonchev–Trinajstić information content (AvgIpc) is 2.52. The van der Waals surface area contributed by atoms with Gasteiger partial charge < -0.3 is 9.47 Å². The number of allylic oxidation sites excluding steroid dienone is 1. The first-order valence-corrected chi connectivity index (χ1v) is 6.82. The standard InChI is InChI=1S/C18H20O2/c1-2-9-18(19-14-16-10-5-3-6-11-16)20-15-17-12-7-4-8-13-17/h2-13,18H,14-15H2,1H3/b9-2-. The summed E-state index contributed by atoms with van der Waals surface area (Å²) in [6.07, 6.45) is 3.55. The van der Waals surface area contributed by atoms with Crippen LogP contribution in [0.4, 0.5) is 0 Å². The summed E-state index contributed by atoms with van der Waals surface area (Å²) >= 11 is 0.